The van der Waals surface area contributed by atoms with Gasteiger partial charge >= 0.3 is 23.9 Å². The number of hydrogen-bond acceptors (Lipinski definition) is 9. The van der Waals surface area contributed by atoms with Crippen LogP contribution >= 0.6 is 0 Å². The molecule has 0 aliphatic carbocycles. The molecule has 0 bridgehead atoms. The van der Waals surface area contributed by atoms with E-state index in [1.54, 1.807) is 42.6 Å². The maximum atomic E-state index is 10.3. The Bertz CT molecular complexity index is 1150. The smallest absolute Gasteiger partial charge is 0.354 e. The van der Waals surface area contributed by atoms with Crippen LogP contribution in [0.2, 0.25) is 0 Å². The van der Waals surface area contributed by atoms with Gasteiger partial charge < -0.3 is 31.1 Å². The summed E-state index contributed by atoms with van der Waals surface area (Å²) in [5, 5.41) is 33.4. The first-order valence-corrected chi connectivity index (χ1v) is 10.5. The summed E-state index contributed by atoms with van der Waals surface area (Å²) in [4.78, 5) is 58.0. The van der Waals surface area contributed by atoms with E-state index in [0.717, 1.165) is 0 Å². The monoisotopic (exact) mass is 576 g/mol. The van der Waals surface area contributed by atoms with Crippen molar-refractivity contribution in [2.45, 2.75) is 12.5 Å². The number of carboxylic acids is 4. The summed E-state index contributed by atoms with van der Waals surface area (Å²) in [5.74, 6) is -3.98. The van der Waals surface area contributed by atoms with E-state index in [1.807, 2.05) is 0 Å². The SMILES string of the molecule is N[C@@H](Cc1c[nH]cn1)C(=O)O.O=C(O)c1ccccn1.O=C(O)c1ccccn1.O=C(O)c1ccccn1.[Cr]. The number of aliphatic carboxylic acids is 1. The molecule has 0 radical (unpaired) electrons. The van der Waals surface area contributed by atoms with Gasteiger partial charge in [-0.3, -0.25) is 4.79 Å². The molecular weight excluding hydrogens is 552 g/mol. The molecule has 0 unspecified atom stereocenters. The molecule has 0 saturated carbocycles. The molecule has 0 saturated heterocycles. The van der Waals surface area contributed by atoms with Crippen molar-refractivity contribution >= 4 is 23.9 Å². The number of hydrogen-bond donors (Lipinski definition) is 6. The minimum atomic E-state index is -1.01. The van der Waals surface area contributed by atoms with Crippen LogP contribution in [0.1, 0.15) is 37.2 Å². The van der Waals surface area contributed by atoms with Crippen molar-refractivity contribution in [3.05, 3.63) is 108 Å². The average Bonchev–Trinajstić information content (AvgIpc) is 3.44. The molecule has 1 atom stereocenters. The largest absolute Gasteiger partial charge is 0.480 e. The van der Waals surface area contributed by atoms with Crippen LogP contribution < -0.4 is 5.73 Å². The zero-order valence-electron chi connectivity index (χ0n) is 20.1. The van der Waals surface area contributed by atoms with Crippen LogP contribution in [0, 0.1) is 0 Å². The molecular formula is C24H24CrN6O8. The van der Waals surface area contributed by atoms with Crippen molar-refractivity contribution in [2.24, 2.45) is 5.73 Å². The van der Waals surface area contributed by atoms with Gasteiger partial charge in [0.25, 0.3) is 0 Å². The standard InChI is InChI=1S/C6H9N3O2.3C6H5NO2.Cr/c7-5(6(10)11)1-4-2-8-3-9-4;3*8-6(9)5-3-1-2-4-7-5;/h2-3,5H,1,7H2,(H,8,9)(H,10,11);3*1-4H,(H,8,9);/t5-;;;;/m0..../s1. The Balaban J connectivity index is 0.000000491. The number of aromatic amines is 1. The first-order chi connectivity index (χ1) is 18.1. The minimum absolute atomic E-state index is 0. The van der Waals surface area contributed by atoms with Gasteiger partial charge in [0.15, 0.2) is 0 Å². The van der Waals surface area contributed by atoms with Crippen LogP contribution in [-0.4, -0.2) is 75.3 Å². The number of carbonyl (C=O) groups is 4. The number of nitrogens with two attached hydrogens (primary N) is 1. The maximum Gasteiger partial charge on any atom is 0.354 e. The van der Waals surface area contributed by atoms with Gasteiger partial charge in [-0.1, -0.05) is 18.2 Å². The second-order valence-electron chi connectivity index (χ2n) is 6.77. The number of aromatic nitrogens is 5. The zero-order valence-corrected chi connectivity index (χ0v) is 21.3. The number of rotatable bonds is 6. The van der Waals surface area contributed by atoms with Crippen molar-refractivity contribution in [3.63, 3.8) is 0 Å². The molecule has 0 fully saturated rings. The molecule has 0 amide bonds. The van der Waals surface area contributed by atoms with Gasteiger partial charge in [-0.05, 0) is 36.4 Å². The fourth-order valence-corrected chi connectivity index (χ4v) is 2.18. The van der Waals surface area contributed by atoms with Crippen LogP contribution in [0.25, 0.3) is 0 Å². The van der Waals surface area contributed by atoms with Gasteiger partial charge in [0.05, 0.1) is 12.0 Å². The Morgan fingerprint density at radius 3 is 1.28 bits per heavy atom. The predicted molar refractivity (Wildman–Crippen MR) is 131 cm³/mol. The normalized spacial score (nSPS) is 9.77. The third-order valence-electron chi connectivity index (χ3n) is 3.95. The Morgan fingerprint density at radius 2 is 1.08 bits per heavy atom. The summed E-state index contributed by atoms with van der Waals surface area (Å²) in [6.45, 7) is 0. The van der Waals surface area contributed by atoms with E-state index in [-0.39, 0.29) is 40.9 Å². The number of aromatic carboxylic acids is 3. The minimum Gasteiger partial charge on any atom is -0.480 e. The first-order valence-electron chi connectivity index (χ1n) is 10.5. The number of pyridine rings is 3. The molecule has 0 spiro atoms. The summed E-state index contributed by atoms with van der Waals surface area (Å²) in [5.41, 5.74) is 6.16. The van der Waals surface area contributed by atoms with E-state index in [9.17, 15) is 19.2 Å². The van der Waals surface area contributed by atoms with E-state index in [2.05, 4.69) is 24.9 Å². The van der Waals surface area contributed by atoms with Crippen molar-refractivity contribution in [1.82, 2.24) is 24.9 Å². The van der Waals surface area contributed by atoms with Crippen LogP contribution in [0.5, 0.6) is 0 Å². The second kappa shape index (κ2) is 19.2. The van der Waals surface area contributed by atoms with E-state index in [0.29, 0.717) is 5.69 Å². The van der Waals surface area contributed by atoms with Crippen LogP contribution in [-0.2, 0) is 28.6 Å². The van der Waals surface area contributed by atoms with Gasteiger partial charge in [-0.15, -0.1) is 0 Å². The average molecular weight is 576 g/mol. The third-order valence-corrected chi connectivity index (χ3v) is 3.95. The third kappa shape index (κ3) is 15.0. The summed E-state index contributed by atoms with van der Waals surface area (Å²) >= 11 is 0. The summed E-state index contributed by atoms with van der Waals surface area (Å²) in [6, 6.07) is 13.4. The Hall–Kier alpha value is -4.97. The van der Waals surface area contributed by atoms with Gasteiger partial charge in [0.2, 0.25) is 0 Å². The molecule has 4 aromatic rings. The molecule has 7 N–H and O–H groups in total. The molecule has 15 heteroatoms. The number of H-pyrrole nitrogens is 1. The molecule has 4 heterocycles. The molecule has 204 valence electrons. The molecule has 14 nitrogen and oxygen atoms in total. The summed E-state index contributed by atoms with van der Waals surface area (Å²) in [6.07, 6.45) is 7.72. The first kappa shape index (κ1) is 34.0. The van der Waals surface area contributed by atoms with Gasteiger partial charge in [0, 0.05) is 48.6 Å². The van der Waals surface area contributed by atoms with Crippen LogP contribution in [0.15, 0.2) is 85.7 Å². The van der Waals surface area contributed by atoms with Gasteiger partial charge in [0.1, 0.15) is 23.1 Å². The maximum absolute atomic E-state index is 10.3. The predicted octanol–water partition coefficient (Wildman–Crippen LogP) is 1.70. The second-order valence-corrected chi connectivity index (χ2v) is 6.77. The topological polar surface area (TPSA) is 243 Å². The van der Waals surface area contributed by atoms with Gasteiger partial charge in [-0.2, -0.15) is 0 Å². The van der Waals surface area contributed by atoms with Crippen LogP contribution in [0.4, 0.5) is 0 Å². The number of imidazole rings is 1. The molecule has 0 aromatic carbocycles. The van der Waals surface area contributed by atoms with E-state index in [1.165, 1.54) is 43.1 Å². The van der Waals surface area contributed by atoms with Crippen molar-refractivity contribution in [1.29, 1.82) is 0 Å². The Morgan fingerprint density at radius 1 is 0.692 bits per heavy atom. The van der Waals surface area contributed by atoms with E-state index < -0.39 is 29.9 Å². The molecule has 39 heavy (non-hydrogen) atoms. The number of nitrogens with zero attached hydrogens (tertiary/aromatic N) is 4. The number of nitrogens with one attached hydrogen (secondary N) is 1. The molecule has 4 aromatic heterocycles. The molecule has 4 rings (SSSR count). The van der Waals surface area contributed by atoms with Gasteiger partial charge in [-0.25, -0.2) is 34.3 Å². The summed E-state index contributed by atoms with van der Waals surface area (Å²) < 4.78 is 0. The number of carboxylic acid groups (broad SMARTS) is 4. The Kier molecular flexibility index (Phi) is 16.7. The fourth-order valence-electron chi connectivity index (χ4n) is 2.18. The Labute approximate surface area is 232 Å². The molecule has 0 aliphatic heterocycles. The van der Waals surface area contributed by atoms with Crippen molar-refractivity contribution in [3.8, 4) is 0 Å². The van der Waals surface area contributed by atoms with Crippen molar-refractivity contribution < 1.29 is 57.0 Å². The fraction of sp³-hybridized carbons (Fsp3) is 0.0833. The molecule has 0 aliphatic rings. The zero-order chi connectivity index (χ0) is 28.3. The van der Waals surface area contributed by atoms with E-state index >= 15 is 0 Å². The van der Waals surface area contributed by atoms with Crippen LogP contribution in [0.3, 0.4) is 0 Å². The summed E-state index contributed by atoms with van der Waals surface area (Å²) in [7, 11) is 0. The van der Waals surface area contributed by atoms with E-state index in [4.69, 9.17) is 26.2 Å². The quantitative estimate of drug-likeness (QED) is 0.192. The van der Waals surface area contributed by atoms with Crippen molar-refractivity contribution in [2.75, 3.05) is 0 Å².